The van der Waals surface area contributed by atoms with Crippen molar-refractivity contribution in [3.8, 4) is 0 Å². The molecule has 0 atom stereocenters. The van der Waals surface area contributed by atoms with Crippen molar-refractivity contribution in [3.63, 3.8) is 0 Å². The van der Waals surface area contributed by atoms with Crippen molar-refractivity contribution in [2.24, 2.45) is 0 Å². The van der Waals surface area contributed by atoms with Crippen LogP contribution in [-0.4, -0.2) is 28.5 Å². The van der Waals surface area contributed by atoms with Crippen LogP contribution in [-0.2, 0) is 9.31 Å². The maximum Gasteiger partial charge on any atom is 0.498 e. The molecule has 1 aromatic heterocycles. The lowest BCUT2D eigenvalue weighted by Gasteiger charge is -2.42. The summed E-state index contributed by atoms with van der Waals surface area (Å²) in [5, 5.41) is 6.80. The van der Waals surface area contributed by atoms with Gasteiger partial charge in [0.1, 0.15) is 0 Å². The molecular formula is C13H23BN2O2. The number of aromatic amines is 1. The molecule has 5 heteroatoms. The van der Waals surface area contributed by atoms with Crippen molar-refractivity contribution in [2.45, 2.75) is 64.6 Å². The van der Waals surface area contributed by atoms with E-state index < -0.39 is 0 Å². The highest BCUT2D eigenvalue weighted by molar-refractivity contribution is 6.62. The molecule has 1 fully saturated rings. The third-order valence-electron chi connectivity index (χ3n) is 4.57. The van der Waals surface area contributed by atoms with Crippen LogP contribution >= 0.6 is 0 Å². The van der Waals surface area contributed by atoms with Gasteiger partial charge in [0.15, 0.2) is 0 Å². The van der Waals surface area contributed by atoms with Gasteiger partial charge in [-0.25, -0.2) is 0 Å². The molecule has 0 saturated carbocycles. The SMILES string of the molecule is CCC1(CC)OB(c2cn[nH]c2)OC1(CC)CC. The summed E-state index contributed by atoms with van der Waals surface area (Å²) in [5.74, 6) is 0. The van der Waals surface area contributed by atoms with E-state index in [1.54, 1.807) is 6.20 Å². The maximum absolute atomic E-state index is 6.31. The monoisotopic (exact) mass is 250 g/mol. The van der Waals surface area contributed by atoms with E-state index in [0.717, 1.165) is 31.1 Å². The predicted molar refractivity (Wildman–Crippen MR) is 72.8 cm³/mol. The summed E-state index contributed by atoms with van der Waals surface area (Å²) in [5.41, 5.74) is 0.613. The van der Waals surface area contributed by atoms with Gasteiger partial charge in [0, 0.05) is 17.9 Å². The average Bonchev–Trinajstić information content (AvgIpc) is 3.04. The fraction of sp³-hybridized carbons (Fsp3) is 0.769. The zero-order valence-corrected chi connectivity index (χ0v) is 11.8. The Hall–Kier alpha value is -0.805. The summed E-state index contributed by atoms with van der Waals surface area (Å²) in [6, 6.07) is 0. The normalized spacial score (nSPS) is 21.4. The number of nitrogens with zero attached hydrogens (tertiary/aromatic N) is 1. The standard InChI is InChI=1S/C13H23BN2O2/c1-5-12(6-2)13(7-3,8-4)18-14(17-12)11-9-15-16-10-11/h9-10H,5-8H2,1-4H3,(H,15,16). The van der Waals surface area contributed by atoms with Gasteiger partial charge in [-0.1, -0.05) is 27.7 Å². The van der Waals surface area contributed by atoms with E-state index in [9.17, 15) is 0 Å². The number of H-pyrrole nitrogens is 1. The average molecular weight is 250 g/mol. The van der Waals surface area contributed by atoms with Gasteiger partial charge in [-0.05, 0) is 25.7 Å². The van der Waals surface area contributed by atoms with E-state index in [1.165, 1.54) is 0 Å². The van der Waals surface area contributed by atoms with Gasteiger partial charge in [-0.3, -0.25) is 5.10 Å². The maximum atomic E-state index is 6.31. The summed E-state index contributed by atoms with van der Waals surface area (Å²) in [6.07, 6.45) is 7.52. The van der Waals surface area contributed by atoms with Crippen LogP contribution in [0.1, 0.15) is 53.4 Å². The summed E-state index contributed by atoms with van der Waals surface area (Å²) in [6.45, 7) is 8.74. The second-order valence-corrected chi connectivity index (χ2v) is 5.00. The molecule has 0 aromatic carbocycles. The number of hydrogen-bond acceptors (Lipinski definition) is 3. The number of rotatable bonds is 5. The van der Waals surface area contributed by atoms with Crippen LogP contribution in [0.15, 0.2) is 12.4 Å². The van der Waals surface area contributed by atoms with Crippen LogP contribution in [0.4, 0.5) is 0 Å². The summed E-state index contributed by atoms with van der Waals surface area (Å²) in [7, 11) is -0.288. The van der Waals surface area contributed by atoms with Gasteiger partial charge >= 0.3 is 7.12 Å². The van der Waals surface area contributed by atoms with E-state index in [2.05, 4.69) is 37.9 Å². The van der Waals surface area contributed by atoms with Crippen LogP contribution in [0.25, 0.3) is 0 Å². The highest BCUT2D eigenvalue weighted by Gasteiger charge is 2.58. The minimum Gasteiger partial charge on any atom is -0.399 e. The van der Waals surface area contributed by atoms with Crippen molar-refractivity contribution in [1.29, 1.82) is 0 Å². The van der Waals surface area contributed by atoms with E-state index in [1.807, 2.05) is 6.20 Å². The zero-order chi connectivity index (χ0) is 13.2. The van der Waals surface area contributed by atoms with Gasteiger partial charge in [0.05, 0.1) is 11.2 Å². The van der Waals surface area contributed by atoms with Gasteiger partial charge < -0.3 is 9.31 Å². The fourth-order valence-corrected chi connectivity index (χ4v) is 3.30. The first-order chi connectivity index (χ1) is 8.67. The van der Waals surface area contributed by atoms with Crippen molar-refractivity contribution < 1.29 is 9.31 Å². The lowest BCUT2D eigenvalue weighted by atomic mass is 9.75. The second kappa shape index (κ2) is 5.06. The molecule has 0 bridgehead atoms. The molecule has 2 rings (SSSR count). The fourth-order valence-electron chi connectivity index (χ4n) is 3.30. The Morgan fingerprint density at radius 1 is 1.06 bits per heavy atom. The Labute approximate surface area is 110 Å². The Balaban J connectivity index is 2.34. The third-order valence-corrected chi connectivity index (χ3v) is 4.57. The van der Waals surface area contributed by atoms with Crippen LogP contribution in [0, 0.1) is 0 Å². The Morgan fingerprint density at radius 2 is 1.56 bits per heavy atom. The predicted octanol–water partition coefficient (Wildman–Crippen LogP) is 2.27. The lowest BCUT2D eigenvalue weighted by Crippen LogP contribution is -2.50. The molecular weight excluding hydrogens is 227 g/mol. The molecule has 1 saturated heterocycles. The molecule has 100 valence electrons. The van der Waals surface area contributed by atoms with Gasteiger partial charge in [-0.2, -0.15) is 5.10 Å². The summed E-state index contributed by atoms with van der Waals surface area (Å²) >= 11 is 0. The minimum atomic E-state index is -0.288. The Morgan fingerprint density at radius 3 is 1.89 bits per heavy atom. The van der Waals surface area contributed by atoms with Crippen LogP contribution in [0.3, 0.4) is 0 Å². The van der Waals surface area contributed by atoms with Gasteiger partial charge in [0.2, 0.25) is 0 Å². The van der Waals surface area contributed by atoms with E-state index in [-0.39, 0.29) is 18.3 Å². The first-order valence-electron chi connectivity index (χ1n) is 7.01. The Kier molecular flexibility index (Phi) is 3.83. The topological polar surface area (TPSA) is 47.1 Å². The summed E-state index contributed by atoms with van der Waals surface area (Å²) < 4.78 is 12.6. The number of nitrogens with one attached hydrogen (secondary N) is 1. The number of hydrogen-bond donors (Lipinski definition) is 1. The molecule has 1 aromatic rings. The van der Waals surface area contributed by atoms with Crippen LogP contribution in [0.2, 0.25) is 0 Å². The summed E-state index contributed by atoms with van der Waals surface area (Å²) in [4.78, 5) is 0. The molecule has 0 unspecified atom stereocenters. The highest BCUT2D eigenvalue weighted by atomic mass is 16.7. The third kappa shape index (κ3) is 1.80. The minimum absolute atomic E-state index is 0.182. The molecule has 0 spiro atoms. The van der Waals surface area contributed by atoms with Crippen molar-refractivity contribution in [2.75, 3.05) is 0 Å². The van der Waals surface area contributed by atoms with Gasteiger partial charge in [0.25, 0.3) is 0 Å². The molecule has 0 aliphatic carbocycles. The zero-order valence-electron chi connectivity index (χ0n) is 11.8. The molecule has 18 heavy (non-hydrogen) atoms. The van der Waals surface area contributed by atoms with E-state index in [0.29, 0.717) is 0 Å². The molecule has 0 radical (unpaired) electrons. The van der Waals surface area contributed by atoms with Crippen LogP contribution in [0.5, 0.6) is 0 Å². The highest BCUT2D eigenvalue weighted by Crippen LogP contribution is 2.46. The molecule has 1 N–H and O–H groups in total. The first-order valence-corrected chi connectivity index (χ1v) is 7.01. The van der Waals surface area contributed by atoms with Gasteiger partial charge in [-0.15, -0.1) is 0 Å². The molecule has 0 amide bonds. The van der Waals surface area contributed by atoms with Crippen molar-refractivity contribution in [3.05, 3.63) is 12.4 Å². The largest absolute Gasteiger partial charge is 0.498 e. The Bertz CT molecular complexity index is 352. The van der Waals surface area contributed by atoms with Crippen molar-refractivity contribution in [1.82, 2.24) is 10.2 Å². The van der Waals surface area contributed by atoms with E-state index >= 15 is 0 Å². The molecule has 2 heterocycles. The molecule has 1 aliphatic heterocycles. The lowest BCUT2D eigenvalue weighted by molar-refractivity contribution is -0.0601. The smallest absolute Gasteiger partial charge is 0.399 e. The second-order valence-electron chi connectivity index (χ2n) is 5.00. The van der Waals surface area contributed by atoms with E-state index in [4.69, 9.17) is 9.31 Å². The quantitative estimate of drug-likeness (QED) is 0.815. The van der Waals surface area contributed by atoms with Crippen molar-refractivity contribution >= 4 is 12.6 Å². The van der Waals surface area contributed by atoms with Crippen LogP contribution < -0.4 is 5.46 Å². The first kappa shape index (κ1) is 13.6. The molecule has 4 nitrogen and oxygen atoms in total. The number of aromatic nitrogens is 2. The molecule has 1 aliphatic rings.